The van der Waals surface area contributed by atoms with Crippen LogP contribution in [0.4, 0.5) is 15.8 Å². The van der Waals surface area contributed by atoms with Crippen LogP contribution in [0.25, 0.3) is 0 Å². The summed E-state index contributed by atoms with van der Waals surface area (Å²) in [6, 6.07) is 14.8. The highest BCUT2D eigenvalue weighted by molar-refractivity contribution is 5.59. The topological polar surface area (TPSA) is 30.3 Å². The van der Waals surface area contributed by atoms with Gasteiger partial charge in [-0.2, -0.15) is 5.26 Å². The van der Waals surface area contributed by atoms with Crippen LogP contribution in [-0.2, 0) is 6.54 Å². The van der Waals surface area contributed by atoms with Crippen molar-refractivity contribution < 1.29 is 4.39 Å². The number of nitriles is 1. The molecular weight excluding hydrogens is 265 g/mol. The summed E-state index contributed by atoms with van der Waals surface area (Å²) in [5.41, 5.74) is 2.93. The lowest BCUT2D eigenvalue weighted by molar-refractivity contribution is 0.623. The number of halogens is 1. The van der Waals surface area contributed by atoms with Gasteiger partial charge in [0, 0.05) is 33.4 Å². The van der Waals surface area contributed by atoms with Gasteiger partial charge >= 0.3 is 0 Å². The first-order valence-electron chi connectivity index (χ1n) is 6.69. The predicted molar refractivity (Wildman–Crippen MR) is 84.0 cm³/mol. The molecule has 2 rings (SSSR count). The molecule has 0 N–H and O–H groups in total. The first-order chi connectivity index (χ1) is 10.0. The molecule has 21 heavy (non-hydrogen) atoms. The Morgan fingerprint density at radius 3 is 2.29 bits per heavy atom. The van der Waals surface area contributed by atoms with E-state index in [1.165, 1.54) is 6.07 Å². The minimum absolute atomic E-state index is 0.0879. The van der Waals surface area contributed by atoms with Gasteiger partial charge in [0.1, 0.15) is 17.4 Å². The van der Waals surface area contributed by atoms with Crippen molar-refractivity contribution in [3.63, 3.8) is 0 Å². The molecule has 0 aliphatic heterocycles. The highest BCUT2D eigenvalue weighted by atomic mass is 19.1. The molecule has 0 aliphatic carbocycles. The second-order valence-electron chi connectivity index (χ2n) is 5.16. The first-order valence-corrected chi connectivity index (χ1v) is 6.69. The van der Waals surface area contributed by atoms with Crippen molar-refractivity contribution in [2.75, 3.05) is 30.9 Å². The van der Waals surface area contributed by atoms with E-state index in [4.69, 9.17) is 5.26 Å². The van der Waals surface area contributed by atoms with Crippen LogP contribution in [0.5, 0.6) is 0 Å². The molecule has 2 aromatic carbocycles. The fourth-order valence-corrected chi connectivity index (χ4v) is 2.20. The zero-order chi connectivity index (χ0) is 15.4. The molecule has 4 heteroatoms. The van der Waals surface area contributed by atoms with E-state index >= 15 is 0 Å². The third-order valence-electron chi connectivity index (χ3n) is 3.39. The minimum Gasteiger partial charge on any atom is -0.378 e. The zero-order valence-electron chi connectivity index (χ0n) is 12.5. The first kappa shape index (κ1) is 14.9. The predicted octanol–water partition coefficient (Wildman–Crippen LogP) is 3.40. The molecule has 0 radical (unpaired) electrons. The van der Waals surface area contributed by atoms with Crippen LogP contribution in [0.1, 0.15) is 11.1 Å². The second kappa shape index (κ2) is 6.27. The van der Waals surface area contributed by atoms with Gasteiger partial charge in [-0.05, 0) is 29.8 Å². The average molecular weight is 283 g/mol. The molecule has 3 nitrogen and oxygen atoms in total. The van der Waals surface area contributed by atoms with Gasteiger partial charge < -0.3 is 9.80 Å². The summed E-state index contributed by atoms with van der Waals surface area (Å²) in [6.07, 6.45) is 0. The molecule has 0 aromatic heterocycles. The van der Waals surface area contributed by atoms with E-state index in [0.29, 0.717) is 12.2 Å². The molecule has 0 atom stereocenters. The molecule has 0 spiro atoms. The van der Waals surface area contributed by atoms with E-state index in [1.54, 1.807) is 12.1 Å². The number of benzene rings is 2. The van der Waals surface area contributed by atoms with Gasteiger partial charge in [-0.3, -0.25) is 0 Å². The van der Waals surface area contributed by atoms with Crippen molar-refractivity contribution in [2.24, 2.45) is 0 Å². The van der Waals surface area contributed by atoms with E-state index in [-0.39, 0.29) is 5.56 Å². The molecule has 0 unspecified atom stereocenters. The van der Waals surface area contributed by atoms with E-state index in [1.807, 2.05) is 61.3 Å². The van der Waals surface area contributed by atoms with Crippen molar-refractivity contribution >= 4 is 11.4 Å². The standard InChI is InChI=1S/C17H18FN3/c1-20(2)14-9-7-13(8-10-14)12-21(3)17-6-4-5-16(18)15(17)11-19/h4-10H,12H2,1-3H3. The summed E-state index contributed by atoms with van der Waals surface area (Å²) in [5, 5.41) is 9.09. The van der Waals surface area contributed by atoms with Gasteiger partial charge in [-0.1, -0.05) is 18.2 Å². The lowest BCUT2D eigenvalue weighted by Gasteiger charge is -2.21. The van der Waals surface area contributed by atoms with Gasteiger partial charge in [0.25, 0.3) is 0 Å². The molecule has 0 heterocycles. The van der Waals surface area contributed by atoms with E-state index < -0.39 is 5.82 Å². The number of nitrogens with zero attached hydrogens (tertiary/aromatic N) is 3. The smallest absolute Gasteiger partial charge is 0.143 e. The Bertz CT molecular complexity index is 657. The number of hydrogen-bond donors (Lipinski definition) is 0. The van der Waals surface area contributed by atoms with Gasteiger partial charge in [0.15, 0.2) is 0 Å². The Labute approximate surface area is 124 Å². The maximum absolute atomic E-state index is 13.6. The average Bonchev–Trinajstić information content (AvgIpc) is 2.47. The summed E-state index contributed by atoms with van der Waals surface area (Å²) < 4.78 is 13.6. The Morgan fingerprint density at radius 2 is 1.71 bits per heavy atom. The highest BCUT2D eigenvalue weighted by Gasteiger charge is 2.11. The third kappa shape index (κ3) is 3.32. The fourth-order valence-electron chi connectivity index (χ4n) is 2.20. The van der Waals surface area contributed by atoms with Gasteiger partial charge in [-0.25, -0.2) is 4.39 Å². The Hall–Kier alpha value is -2.54. The SMILES string of the molecule is CN(C)c1ccc(CN(C)c2cccc(F)c2C#N)cc1. The fraction of sp³-hybridized carbons (Fsp3) is 0.235. The normalized spacial score (nSPS) is 10.0. The van der Waals surface area contributed by atoms with Crippen LogP contribution in [0.3, 0.4) is 0 Å². The third-order valence-corrected chi connectivity index (χ3v) is 3.39. The van der Waals surface area contributed by atoms with E-state index in [0.717, 1.165) is 11.3 Å². The molecule has 0 saturated carbocycles. The van der Waals surface area contributed by atoms with Gasteiger partial charge in [0.05, 0.1) is 5.69 Å². The Balaban J connectivity index is 2.20. The summed E-state index contributed by atoms with van der Waals surface area (Å²) in [4.78, 5) is 3.92. The minimum atomic E-state index is -0.482. The largest absolute Gasteiger partial charge is 0.378 e. The van der Waals surface area contributed by atoms with Crippen molar-refractivity contribution in [3.8, 4) is 6.07 Å². The van der Waals surface area contributed by atoms with Crippen LogP contribution in [0.15, 0.2) is 42.5 Å². The monoisotopic (exact) mass is 283 g/mol. The summed E-state index contributed by atoms with van der Waals surface area (Å²) in [5.74, 6) is -0.482. The zero-order valence-corrected chi connectivity index (χ0v) is 12.5. The summed E-state index contributed by atoms with van der Waals surface area (Å²) in [7, 11) is 5.84. The second-order valence-corrected chi connectivity index (χ2v) is 5.16. The molecule has 0 fully saturated rings. The van der Waals surface area contributed by atoms with Crippen molar-refractivity contribution in [1.29, 1.82) is 5.26 Å². The number of rotatable bonds is 4. The molecule has 0 aliphatic rings. The van der Waals surface area contributed by atoms with Gasteiger partial charge in [-0.15, -0.1) is 0 Å². The maximum Gasteiger partial charge on any atom is 0.143 e. The maximum atomic E-state index is 13.6. The molecule has 0 bridgehead atoms. The summed E-state index contributed by atoms with van der Waals surface area (Å²) >= 11 is 0. The summed E-state index contributed by atoms with van der Waals surface area (Å²) in [6.45, 7) is 0.617. The van der Waals surface area contributed by atoms with Crippen LogP contribution >= 0.6 is 0 Å². The lowest BCUT2D eigenvalue weighted by atomic mass is 10.1. The molecular formula is C17H18FN3. The van der Waals surface area contributed by atoms with Crippen LogP contribution in [-0.4, -0.2) is 21.1 Å². The van der Waals surface area contributed by atoms with Crippen LogP contribution in [0.2, 0.25) is 0 Å². The molecule has 108 valence electrons. The lowest BCUT2D eigenvalue weighted by Crippen LogP contribution is -2.18. The Kier molecular flexibility index (Phi) is 4.44. The Morgan fingerprint density at radius 1 is 1.05 bits per heavy atom. The van der Waals surface area contributed by atoms with Crippen molar-refractivity contribution in [1.82, 2.24) is 0 Å². The highest BCUT2D eigenvalue weighted by Crippen LogP contribution is 2.23. The van der Waals surface area contributed by atoms with E-state index in [9.17, 15) is 4.39 Å². The number of hydrogen-bond acceptors (Lipinski definition) is 3. The van der Waals surface area contributed by atoms with E-state index in [2.05, 4.69) is 0 Å². The molecule has 0 saturated heterocycles. The van der Waals surface area contributed by atoms with Crippen LogP contribution < -0.4 is 9.80 Å². The van der Waals surface area contributed by atoms with Crippen LogP contribution in [0, 0.1) is 17.1 Å². The van der Waals surface area contributed by atoms with Gasteiger partial charge in [0.2, 0.25) is 0 Å². The molecule has 0 amide bonds. The van der Waals surface area contributed by atoms with Crippen molar-refractivity contribution in [2.45, 2.75) is 6.54 Å². The quantitative estimate of drug-likeness (QED) is 0.861. The molecule has 2 aromatic rings. The number of anilines is 2. The van der Waals surface area contributed by atoms with Crippen molar-refractivity contribution in [3.05, 3.63) is 59.4 Å².